The number of alkyl halides is 3. The number of benzene rings is 1. The fourth-order valence-corrected chi connectivity index (χ4v) is 2.69. The van der Waals surface area contributed by atoms with Crippen LogP contribution < -0.4 is 10.2 Å². The van der Waals surface area contributed by atoms with Crippen molar-refractivity contribution in [2.75, 3.05) is 44.7 Å². The van der Waals surface area contributed by atoms with E-state index in [0.29, 0.717) is 11.3 Å². The van der Waals surface area contributed by atoms with E-state index in [9.17, 15) is 13.2 Å². The third-order valence-corrected chi connectivity index (χ3v) is 3.95. The largest absolute Gasteiger partial charge is 0.416 e. The molecule has 21 heavy (non-hydrogen) atoms. The van der Waals surface area contributed by atoms with Crippen LogP contribution in [0.4, 0.5) is 18.9 Å². The maximum absolute atomic E-state index is 13.2. The molecule has 0 spiro atoms. The van der Waals surface area contributed by atoms with Crippen LogP contribution in [0.25, 0.3) is 0 Å². The average molecular weight is 301 g/mol. The molecule has 6 heteroatoms. The summed E-state index contributed by atoms with van der Waals surface area (Å²) in [6.45, 7) is 6.66. The molecule has 0 unspecified atom stereocenters. The molecule has 0 aromatic heterocycles. The van der Waals surface area contributed by atoms with Gasteiger partial charge in [0, 0.05) is 38.4 Å². The van der Waals surface area contributed by atoms with Gasteiger partial charge in [-0.15, -0.1) is 0 Å². The first-order chi connectivity index (χ1) is 9.95. The van der Waals surface area contributed by atoms with Gasteiger partial charge in [-0.3, -0.25) is 0 Å². The van der Waals surface area contributed by atoms with Gasteiger partial charge in [-0.25, -0.2) is 0 Å². The number of anilines is 1. The molecule has 1 aliphatic rings. The van der Waals surface area contributed by atoms with Crippen LogP contribution >= 0.6 is 0 Å². The van der Waals surface area contributed by atoms with Crippen LogP contribution in [-0.4, -0.2) is 44.7 Å². The molecule has 1 aromatic carbocycles. The summed E-state index contributed by atoms with van der Waals surface area (Å²) in [6.07, 6.45) is -4.31. The standard InChI is InChI=1S/C15H22F3N3/c1-3-20-6-8-21(9-7-20)13-5-4-12(11-19-2)14(10-13)15(16,17)18/h4-5,10,19H,3,6-9,11H2,1-2H3. The summed E-state index contributed by atoms with van der Waals surface area (Å²) in [4.78, 5) is 4.33. The zero-order valence-electron chi connectivity index (χ0n) is 12.5. The van der Waals surface area contributed by atoms with Gasteiger partial charge in [0.15, 0.2) is 0 Å². The molecule has 0 amide bonds. The predicted octanol–water partition coefficient (Wildman–Crippen LogP) is 2.57. The van der Waals surface area contributed by atoms with Gasteiger partial charge >= 0.3 is 6.18 Å². The van der Waals surface area contributed by atoms with E-state index in [-0.39, 0.29) is 6.54 Å². The summed E-state index contributed by atoms with van der Waals surface area (Å²) < 4.78 is 39.5. The van der Waals surface area contributed by atoms with Crippen molar-refractivity contribution >= 4 is 5.69 Å². The summed E-state index contributed by atoms with van der Waals surface area (Å²) >= 11 is 0. The van der Waals surface area contributed by atoms with Crippen molar-refractivity contribution in [3.8, 4) is 0 Å². The molecule has 118 valence electrons. The molecule has 1 fully saturated rings. The van der Waals surface area contributed by atoms with Crippen molar-refractivity contribution in [2.24, 2.45) is 0 Å². The molecule has 0 radical (unpaired) electrons. The number of rotatable bonds is 4. The molecular formula is C15H22F3N3. The maximum Gasteiger partial charge on any atom is 0.416 e. The van der Waals surface area contributed by atoms with Gasteiger partial charge in [-0.05, 0) is 31.3 Å². The van der Waals surface area contributed by atoms with Gasteiger partial charge in [0.1, 0.15) is 0 Å². The van der Waals surface area contributed by atoms with Crippen LogP contribution in [0.1, 0.15) is 18.1 Å². The first-order valence-corrected chi connectivity index (χ1v) is 7.27. The molecule has 1 aromatic rings. The first kappa shape index (κ1) is 16.1. The fourth-order valence-electron chi connectivity index (χ4n) is 2.69. The Labute approximate surface area is 123 Å². The number of likely N-dealkylation sites (N-methyl/N-ethyl adjacent to an activating group) is 1. The molecular weight excluding hydrogens is 279 g/mol. The Morgan fingerprint density at radius 1 is 1.14 bits per heavy atom. The number of nitrogens with one attached hydrogen (secondary N) is 1. The van der Waals surface area contributed by atoms with Crippen LogP contribution in [0.15, 0.2) is 18.2 Å². The van der Waals surface area contributed by atoms with E-state index >= 15 is 0 Å². The van der Waals surface area contributed by atoms with Crippen LogP contribution in [0, 0.1) is 0 Å². The second kappa shape index (κ2) is 6.66. The van der Waals surface area contributed by atoms with Crippen molar-refractivity contribution in [2.45, 2.75) is 19.6 Å². The molecule has 3 nitrogen and oxygen atoms in total. The third kappa shape index (κ3) is 3.89. The summed E-state index contributed by atoms with van der Waals surface area (Å²) in [6, 6.07) is 4.67. The van der Waals surface area contributed by atoms with Crippen LogP contribution in [0.2, 0.25) is 0 Å². The van der Waals surface area contributed by atoms with Gasteiger partial charge in [-0.2, -0.15) is 13.2 Å². The zero-order chi connectivity index (χ0) is 15.5. The van der Waals surface area contributed by atoms with Gasteiger partial charge < -0.3 is 15.1 Å². The third-order valence-electron chi connectivity index (χ3n) is 3.95. The minimum absolute atomic E-state index is 0.221. The van der Waals surface area contributed by atoms with Gasteiger partial charge in [0.25, 0.3) is 0 Å². The molecule has 1 heterocycles. The highest BCUT2D eigenvalue weighted by Gasteiger charge is 2.34. The summed E-state index contributed by atoms with van der Waals surface area (Å²) in [7, 11) is 1.65. The van der Waals surface area contributed by atoms with E-state index in [1.807, 2.05) is 4.90 Å². The zero-order valence-corrected chi connectivity index (χ0v) is 12.5. The molecule has 1 saturated heterocycles. The second-order valence-electron chi connectivity index (χ2n) is 5.29. The number of hydrogen-bond donors (Lipinski definition) is 1. The van der Waals surface area contributed by atoms with Gasteiger partial charge in [0.2, 0.25) is 0 Å². The first-order valence-electron chi connectivity index (χ1n) is 7.27. The van der Waals surface area contributed by atoms with Crippen molar-refractivity contribution < 1.29 is 13.2 Å². The van der Waals surface area contributed by atoms with E-state index in [0.717, 1.165) is 32.7 Å². The van der Waals surface area contributed by atoms with E-state index < -0.39 is 11.7 Å². The lowest BCUT2D eigenvalue weighted by molar-refractivity contribution is -0.138. The van der Waals surface area contributed by atoms with Gasteiger partial charge in [-0.1, -0.05) is 13.0 Å². The molecule has 0 aliphatic carbocycles. The monoisotopic (exact) mass is 301 g/mol. The number of piperazine rings is 1. The Morgan fingerprint density at radius 2 is 1.81 bits per heavy atom. The summed E-state index contributed by atoms with van der Waals surface area (Å²) in [5, 5.41) is 2.79. The molecule has 1 aliphatic heterocycles. The smallest absolute Gasteiger partial charge is 0.369 e. The minimum Gasteiger partial charge on any atom is -0.369 e. The lowest BCUT2D eigenvalue weighted by Gasteiger charge is -2.36. The van der Waals surface area contributed by atoms with Crippen LogP contribution in [0.5, 0.6) is 0 Å². The molecule has 0 atom stereocenters. The Bertz CT molecular complexity index is 466. The Morgan fingerprint density at radius 3 is 2.33 bits per heavy atom. The second-order valence-corrected chi connectivity index (χ2v) is 5.29. The highest BCUT2D eigenvalue weighted by Crippen LogP contribution is 2.34. The highest BCUT2D eigenvalue weighted by atomic mass is 19.4. The average Bonchev–Trinajstić information content (AvgIpc) is 2.47. The molecule has 0 saturated carbocycles. The predicted molar refractivity (Wildman–Crippen MR) is 78.5 cm³/mol. The Kier molecular flexibility index (Phi) is 5.11. The van der Waals surface area contributed by atoms with Gasteiger partial charge in [0.05, 0.1) is 5.56 Å². The van der Waals surface area contributed by atoms with Crippen molar-refractivity contribution in [3.05, 3.63) is 29.3 Å². The fraction of sp³-hybridized carbons (Fsp3) is 0.600. The molecule has 0 bridgehead atoms. The van der Waals surface area contributed by atoms with Crippen molar-refractivity contribution in [1.82, 2.24) is 10.2 Å². The van der Waals surface area contributed by atoms with E-state index in [2.05, 4.69) is 17.1 Å². The number of nitrogens with zero attached hydrogens (tertiary/aromatic N) is 2. The number of halogens is 3. The quantitative estimate of drug-likeness (QED) is 0.922. The normalized spacial score (nSPS) is 17.3. The van der Waals surface area contributed by atoms with E-state index in [4.69, 9.17) is 0 Å². The van der Waals surface area contributed by atoms with E-state index in [1.54, 1.807) is 19.2 Å². The Hall–Kier alpha value is -1.27. The van der Waals surface area contributed by atoms with Crippen molar-refractivity contribution in [3.63, 3.8) is 0 Å². The van der Waals surface area contributed by atoms with Crippen molar-refractivity contribution in [1.29, 1.82) is 0 Å². The topological polar surface area (TPSA) is 18.5 Å². The summed E-state index contributed by atoms with van der Waals surface area (Å²) in [5.41, 5.74) is 0.422. The highest BCUT2D eigenvalue weighted by molar-refractivity contribution is 5.52. The van der Waals surface area contributed by atoms with Crippen LogP contribution in [0.3, 0.4) is 0 Å². The Balaban J connectivity index is 2.22. The maximum atomic E-state index is 13.2. The molecule has 2 rings (SSSR count). The minimum atomic E-state index is -4.31. The summed E-state index contributed by atoms with van der Waals surface area (Å²) in [5.74, 6) is 0. The molecule has 1 N–H and O–H groups in total. The SMILES string of the molecule is CCN1CCN(c2ccc(CNC)c(C(F)(F)F)c2)CC1. The lowest BCUT2D eigenvalue weighted by atomic mass is 10.0. The van der Waals surface area contributed by atoms with E-state index in [1.165, 1.54) is 6.07 Å². The van der Waals surface area contributed by atoms with Crippen LogP contribution in [-0.2, 0) is 12.7 Å². The number of hydrogen-bond acceptors (Lipinski definition) is 3. The lowest BCUT2D eigenvalue weighted by Crippen LogP contribution is -2.46.